The third-order valence-electron chi connectivity index (χ3n) is 4.61. The van der Waals surface area contributed by atoms with Crippen LogP contribution in [0, 0.1) is 17.8 Å². The van der Waals surface area contributed by atoms with E-state index in [9.17, 15) is 0 Å². The van der Waals surface area contributed by atoms with Crippen molar-refractivity contribution in [3.8, 4) is 5.88 Å². The number of rotatable bonds is 5. The lowest BCUT2D eigenvalue weighted by atomic mass is 9.87. The monoisotopic (exact) mass is 258 g/mol. The second-order valence-electron chi connectivity index (χ2n) is 5.82. The molecule has 19 heavy (non-hydrogen) atoms. The van der Waals surface area contributed by atoms with E-state index in [-0.39, 0.29) is 0 Å². The van der Waals surface area contributed by atoms with Crippen LogP contribution in [0.2, 0.25) is 0 Å². The second-order valence-corrected chi connectivity index (χ2v) is 5.82. The van der Waals surface area contributed by atoms with E-state index in [2.05, 4.69) is 29.4 Å². The summed E-state index contributed by atoms with van der Waals surface area (Å²) in [6, 6.07) is 4.61. The van der Waals surface area contributed by atoms with E-state index >= 15 is 0 Å². The lowest BCUT2D eigenvalue weighted by molar-refractivity contribution is 0.326. The smallest absolute Gasteiger partial charge is 0.213 e. The Morgan fingerprint density at radius 2 is 2.32 bits per heavy atom. The average Bonchev–Trinajstić information content (AvgIpc) is 3.07. The van der Waals surface area contributed by atoms with Gasteiger partial charge >= 0.3 is 0 Å². The van der Waals surface area contributed by atoms with Crippen LogP contribution in [0.4, 0.5) is 0 Å². The van der Waals surface area contributed by atoms with Crippen LogP contribution in [0.3, 0.4) is 0 Å². The number of hydrogen-bond donors (Lipinski definition) is 1. The molecule has 2 aliphatic rings. The number of nitrogens with one attached hydrogen (secondary N) is 1. The molecular weight excluding hydrogens is 236 g/mol. The minimum atomic E-state index is 0.569. The number of allylic oxidation sites excluding steroid dienone is 2. The lowest BCUT2D eigenvalue weighted by Gasteiger charge is -2.26. The maximum atomic E-state index is 5.15. The number of nitrogens with zero attached hydrogens (tertiary/aromatic N) is 1. The summed E-state index contributed by atoms with van der Waals surface area (Å²) in [6.45, 7) is 3.20. The first-order chi connectivity index (χ1) is 9.26. The van der Waals surface area contributed by atoms with Gasteiger partial charge < -0.3 is 10.1 Å². The SMILES string of the molecule is COc1cc(CNC(C)C2CC3C=CC2C3)ccn1. The van der Waals surface area contributed by atoms with Crippen LogP contribution in [0.25, 0.3) is 0 Å². The van der Waals surface area contributed by atoms with Crippen molar-refractivity contribution in [1.82, 2.24) is 10.3 Å². The van der Waals surface area contributed by atoms with Gasteiger partial charge in [-0.15, -0.1) is 0 Å². The van der Waals surface area contributed by atoms with Crippen molar-refractivity contribution in [3.63, 3.8) is 0 Å². The molecule has 1 aromatic rings. The van der Waals surface area contributed by atoms with Gasteiger partial charge in [0.1, 0.15) is 0 Å². The Morgan fingerprint density at radius 1 is 1.42 bits per heavy atom. The van der Waals surface area contributed by atoms with E-state index in [4.69, 9.17) is 4.74 Å². The fourth-order valence-electron chi connectivity index (χ4n) is 3.50. The zero-order valence-electron chi connectivity index (χ0n) is 11.7. The maximum absolute atomic E-state index is 5.15. The zero-order valence-corrected chi connectivity index (χ0v) is 11.7. The second kappa shape index (κ2) is 5.33. The molecule has 0 aromatic carbocycles. The number of ether oxygens (including phenoxy) is 1. The number of pyridine rings is 1. The van der Waals surface area contributed by atoms with Crippen LogP contribution >= 0.6 is 0 Å². The predicted octanol–water partition coefficient (Wildman–Crippen LogP) is 2.78. The molecule has 2 bridgehead atoms. The van der Waals surface area contributed by atoms with E-state index in [0.717, 1.165) is 24.3 Å². The van der Waals surface area contributed by atoms with E-state index in [1.54, 1.807) is 13.3 Å². The van der Waals surface area contributed by atoms with Crippen molar-refractivity contribution in [2.45, 2.75) is 32.4 Å². The molecular formula is C16H22N2O. The molecule has 0 saturated heterocycles. The highest BCUT2D eigenvalue weighted by Gasteiger charge is 2.38. The van der Waals surface area contributed by atoms with Gasteiger partial charge in [0.2, 0.25) is 5.88 Å². The standard InChI is InChI=1S/C16H22N2O/c1-11(15-8-12-3-4-14(15)7-12)18-10-13-5-6-17-16(9-13)19-2/h3-6,9,11-12,14-15,18H,7-8,10H2,1-2H3. The molecule has 4 atom stereocenters. The van der Waals surface area contributed by atoms with Crippen LogP contribution in [0.1, 0.15) is 25.3 Å². The number of hydrogen-bond acceptors (Lipinski definition) is 3. The Labute approximate surface area is 115 Å². The first-order valence-corrected chi connectivity index (χ1v) is 7.17. The van der Waals surface area contributed by atoms with Crippen molar-refractivity contribution in [3.05, 3.63) is 36.0 Å². The summed E-state index contributed by atoms with van der Waals surface area (Å²) in [7, 11) is 1.66. The van der Waals surface area contributed by atoms with Gasteiger partial charge in [-0.25, -0.2) is 4.98 Å². The van der Waals surface area contributed by atoms with Gasteiger partial charge in [0.15, 0.2) is 0 Å². The number of aromatic nitrogens is 1. The summed E-state index contributed by atoms with van der Waals surface area (Å²) >= 11 is 0. The highest BCUT2D eigenvalue weighted by atomic mass is 16.5. The Kier molecular flexibility index (Phi) is 3.56. The highest BCUT2D eigenvalue weighted by molar-refractivity contribution is 5.20. The zero-order chi connectivity index (χ0) is 13.2. The van der Waals surface area contributed by atoms with Crippen molar-refractivity contribution < 1.29 is 4.74 Å². The third-order valence-corrected chi connectivity index (χ3v) is 4.61. The van der Waals surface area contributed by atoms with Gasteiger partial charge in [0, 0.05) is 24.8 Å². The number of methoxy groups -OCH3 is 1. The fraction of sp³-hybridized carbons (Fsp3) is 0.562. The molecule has 4 unspecified atom stereocenters. The molecule has 1 N–H and O–H groups in total. The summed E-state index contributed by atoms with van der Waals surface area (Å²) in [5.41, 5.74) is 1.23. The average molecular weight is 258 g/mol. The fourth-order valence-corrected chi connectivity index (χ4v) is 3.50. The minimum Gasteiger partial charge on any atom is -0.481 e. The predicted molar refractivity (Wildman–Crippen MR) is 75.9 cm³/mol. The summed E-state index contributed by atoms with van der Waals surface area (Å²) in [5.74, 6) is 3.15. The topological polar surface area (TPSA) is 34.1 Å². The summed E-state index contributed by atoms with van der Waals surface area (Å²) < 4.78 is 5.15. The molecule has 102 valence electrons. The van der Waals surface area contributed by atoms with Gasteiger partial charge in [-0.3, -0.25) is 0 Å². The summed E-state index contributed by atoms with van der Waals surface area (Å²) in [5, 5.41) is 3.66. The van der Waals surface area contributed by atoms with Gasteiger partial charge in [-0.05, 0) is 49.1 Å². The summed E-state index contributed by atoms with van der Waals surface area (Å²) in [6.07, 6.45) is 9.36. The minimum absolute atomic E-state index is 0.569. The normalized spacial score (nSPS) is 29.7. The molecule has 3 rings (SSSR count). The van der Waals surface area contributed by atoms with Crippen LogP contribution in [-0.4, -0.2) is 18.1 Å². The number of fused-ring (bicyclic) bond motifs is 2. The molecule has 0 spiro atoms. The van der Waals surface area contributed by atoms with Crippen LogP contribution in [0.5, 0.6) is 5.88 Å². The maximum Gasteiger partial charge on any atom is 0.213 e. The lowest BCUT2D eigenvalue weighted by Crippen LogP contribution is -2.35. The molecule has 2 aliphatic carbocycles. The Hall–Kier alpha value is -1.35. The molecule has 3 heteroatoms. The van der Waals surface area contributed by atoms with Gasteiger partial charge in [-0.2, -0.15) is 0 Å². The third kappa shape index (κ3) is 2.66. The molecule has 1 saturated carbocycles. The Morgan fingerprint density at radius 3 is 3.00 bits per heavy atom. The quantitative estimate of drug-likeness (QED) is 0.825. The van der Waals surface area contributed by atoms with Crippen molar-refractivity contribution in [1.29, 1.82) is 0 Å². The van der Waals surface area contributed by atoms with Gasteiger partial charge in [0.05, 0.1) is 7.11 Å². The Bertz CT molecular complexity index is 472. The van der Waals surface area contributed by atoms with Crippen molar-refractivity contribution >= 4 is 0 Å². The highest BCUT2D eigenvalue weighted by Crippen LogP contribution is 2.44. The van der Waals surface area contributed by atoms with E-state index in [1.807, 2.05) is 12.1 Å². The molecule has 0 amide bonds. The van der Waals surface area contributed by atoms with Crippen molar-refractivity contribution in [2.24, 2.45) is 17.8 Å². The molecule has 1 heterocycles. The Balaban J connectivity index is 1.55. The van der Waals surface area contributed by atoms with Gasteiger partial charge in [0.25, 0.3) is 0 Å². The summed E-state index contributed by atoms with van der Waals surface area (Å²) in [4.78, 5) is 4.13. The molecule has 3 nitrogen and oxygen atoms in total. The first-order valence-electron chi connectivity index (χ1n) is 7.17. The molecule has 1 aromatic heterocycles. The van der Waals surface area contributed by atoms with E-state index < -0.39 is 0 Å². The van der Waals surface area contributed by atoms with Crippen LogP contribution in [0.15, 0.2) is 30.5 Å². The van der Waals surface area contributed by atoms with Crippen molar-refractivity contribution in [2.75, 3.05) is 7.11 Å². The van der Waals surface area contributed by atoms with E-state index in [0.29, 0.717) is 11.9 Å². The largest absolute Gasteiger partial charge is 0.481 e. The van der Waals surface area contributed by atoms with Crippen LogP contribution < -0.4 is 10.1 Å². The van der Waals surface area contributed by atoms with Crippen LogP contribution in [-0.2, 0) is 6.54 Å². The van der Waals surface area contributed by atoms with Gasteiger partial charge in [-0.1, -0.05) is 12.2 Å². The molecule has 0 aliphatic heterocycles. The van der Waals surface area contributed by atoms with E-state index in [1.165, 1.54) is 18.4 Å². The molecule has 1 fully saturated rings. The molecule has 0 radical (unpaired) electrons. The first kappa shape index (κ1) is 12.7.